The lowest BCUT2D eigenvalue weighted by Gasteiger charge is -2.10. The van der Waals surface area contributed by atoms with Gasteiger partial charge >= 0.3 is 5.63 Å². The maximum absolute atomic E-state index is 12.5. The van der Waals surface area contributed by atoms with Crippen LogP contribution in [0.3, 0.4) is 0 Å². The number of aromatic nitrogens is 1. The molecule has 29 heavy (non-hydrogen) atoms. The van der Waals surface area contributed by atoms with Crippen molar-refractivity contribution in [2.75, 3.05) is 13.2 Å². The first-order valence-corrected chi connectivity index (χ1v) is 10.5. The minimum Gasteiger partial charge on any atom is -0.491 e. The van der Waals surface area contributed by atoms with Crippen molar-refractivity contribution in [1.29, 1.82) is 0 Å². The van der Waals surface area contributed by atoms with Crippen molar-refractivity contribution in [3.05, 3.63) is 77.3 Å². The highest BCUT2D eigenvalue weighted by molar-refractivity contribution is 7.89. The second-order valence-corrected chi connectivity index (χ2v) is 8.15. The molecule has 0 bridgehead atoms. The molecule has 0 amide bonds. The number of hydrogen-bond acceptors (Lipinski definition) is 6. The summed E-state index contributed by atoms with van der Waals surface area (Å²) in [7, 11) is -3.68. The predicted octanol–water partition coefficient (Wildman–Crippen LogP) is 3.09. The zero-order chi connectivity index (χ0) is 20.3. The van der Waals surface area contributed by atoms with Gasteiger partial charge in [-0.15, -0.1) is 0 Å². The minimum absolute atomic E-state index is 0.109. The van der Waals surface area contributed by atoms with E-state index in [1.165, 1.54) is 30.3 Å². The number of pyridine rings is 1. The van der Waals surface area contributed by atoms with Crippen molar-refractivity contribution in [1.82, 2.24) is 9.71 Å². The lowest BCUT2D eigenvalue weighted by molar-refractivity contribution is 0.314. The fourth-order valence-electron chi connectivity index (χ4n) is 2.95. The molecule has 148 valence electrons. The first kappa shape index (κ1) is 19.1. The largest absolute Gasteiger partial charge is 0.491 e. The van der Waals surface area contributed by atoms with Crippen molar-refractivity contribution in [3.63, 3.8) is 0 Å². The fraction of sp³-hybridized carbons (Fsp3) is 0.143. The quantitative estimate of drug-likeness (QED) is 0.371. The van der Waals surface area contributed by atoms with Gasteiger partial charge in [-0.3, -0.25) is 4.98 Å². The summed E-state index contributed by atoms with van der Waals surface area (Å²) < 4.78 is 38.3. The number of rotatable bonds is 7. The number of sulfonamides is 1. The van der Waals surface area contributed by atoms with Gasteiger partial charge in [-0.05, 0) is 42.8 Å². The van der Waals surface area contributed by atoms with Crippen LogP contribution >= 0.6 is 0 Å². The molecule has 0 fully saturated rings. The van der Waals surface area contributed by atoms with Crippen molar-refractivity contribution in [2.24, 2.45) is 0 Å². The Labute approximate surface area is 167 Å². The maximum Gasteiger partial charge on any atom is 0.336 e. The highest BCUT2D eigenvalue weighted by Gasteiger charge is 2.14. The van der Waals surface area contributed by atoms with Gasteiger partial charge in [0.05, 0.1) is 11.5 Å². The van der Waals surface area contributed by atoms with Gasteiger partial charge in [0.15, 0.2) is 0 Å². The lowest BCUT2D eigenvalue weighted by atomic mass is 10.2. The second-order valence-electron chi connectivity index (χ2n) is 6.39. The van der Waals surface area contributed by atoms with Crippen LogP contribution in [0.1, 0.15) is 6.42 Å². The molecule has 0 spiro atoms. The monoisotopic (exact) mass is 410 g/mol. The van der Waals surface area contributed by atoms with Gasteiger partial charge in [-0.2, -0.15) is 0 Å². The highest BCUT2D eigenvalue weighted by Crippen LogP contribution is 2.23. The first-order valence-electron chi connectivity index (χ1n) is 9.03. The number of ether oxygens (including phenoxy) is 1. The van der Waals surface area contributed by atoms with Crippen LogP contribution in [0.4, 0.5) is 0 Å². The van der Waals surface area contributed by atoms with Gasteiger partial charge < -0.3 is 9.15 Å². The van der Waals surface area contributed by atoms with E-state index in [-0.39, 0.29) is 11.4 Å². The van der Waals surface area contributed by atoms with Crippen LogP contribution in [-0.2, 0) is 10.0 Å². The fourth-order valence-corrected chi connectivity index (χ4v) is 4.06. The number of para-hydroxylation sites is 1. The van der Waals surface area contributed by atoms with Crippen molar-refractivity contribution in [3.8, 4) is 5.75 Å². The molecule has 2 heterocycles. The summed E-state index contributed by atoms with van der Waals surface area (Å²) in [4.78, 5) is 15.7. The molecule has 2 aromatic heterocycles. The van der Waals surface area contributed by atoms with E-state index < -0.39 is 15.6 Å². The Hall–Kier alpha value is -3.23. The van der Waals surface area contributed by atoms with E-state index in [0.717, 1.165) is 10.9 Å². The Kier molecular flexibility index (Phi) is 5.28. The molecule has 1 N–H and O–H groups in total. The first-order chi connectivity index (χ1) is 14.0. The average molecular weight is 410 g/mol. The number of benzene rings is 2. The summed E-state index contributed by atoms with van der Waals surface area (Å²) in [5.74, 6) is 0.668. The van der Waals surface area contributed by atoms with Gasteiger partial charge in [-0.1, -0.05) is 18.2 Å². The molecule has 0 aliphatic heterocycles. The highest BCUT2D eigenvalue weighted by atomic mass is 32.2. The Morgan fingerprint density at radius 1 is 1.00 bits per heavy atom. The normalized spacial score (nSPS) is 11.7. The molecular weight excluding hydrogens is 392 g/mol. The minimum atomic E-state index is -3.68. The third-order valence-corrected chi connectivity index (χ3v) is 5.83. The molecule has 4 rings (SSSR count). The van der Waals surface area contributed by atoms with Crippen LogP contribution in [0, 0.1) is 0 Å². The Bertz CT molecular complexity index is 1330. The Morgan fingerprint density at radius 3 is 2.76 bits per heavy atom. The van der Waals surface area contributed by atoms with Crippen LogP contribution in [0.25, 0.3) is 21.9 Å². The number of nitrogens with zero attached hydrogens (tertiary/aromatic N) is 1. The third kappa shape index (κ3) is 4.28. The van der Waals surface area contributed by atoms with Crippen LogP contribution in [0.5, 0.6) is 5.75 Å². The molecule has 0 saturated carbocycles. The zero-order valence-corrected chi connectivity index (χ0v) is 16.2. The van der Waals surface area contributed by atoms with E-state index in [1.54, 1.807) is 6.20 Å². The van der Waals surface area contributed by atoms with Crippen molar-refractivity contribution >= 4 is 31.9 Å². The van der Waals surface area contributed by atoms with E-state index in [9.17, 15) is 13.2 Å². The molecule has 2 aromatic carbocycles. The average Bonchev–Trinajstić information content (AvgIpc) is 2.73. The maximum atomic E-state index is 12.5. The van der Waals surface area contributed by atoms with E-state index >= 15 is 0 Å². The summed E-state index contributed by atoms with van der Waals surface area (Å²) >= 11 is 0. The summed E-state index contributed by atoms with van der Waals surface area (Å²) in [5.41, 5.74) is 0.638. The topological polar surface area (TPSA) is 98.5 Å². The molecule has 0 saturated heterocycles. The third-order valence-electron chi connectivity index (χ3n) is 4.37. The molecule has 0 aliphatic carbocycles. The molecule has 4 aromatic rings. The Balaban J connectivity index is 1.36. The van der Waals surface area contributed by atoms with Gasteiger partial charge in [0.1, 0.15) is 16.8 Å². The number of nitrogens with one attached hydrogen (secondary N) is 1. The van der Waals surface area contributed by atoms with Crippen LogP contribution in [-0.4, -0.2) is 26.6 Å². The van der Waals surface area contributed by atoms with Gasteiger partial charge in [0, 0.05) is 29.6 Å². The molecule has 0 aliphatic rings. The van der Waals surface area contributed by atoms with E-state index in [0.29, 0.717) is 29.7 Å². The molecule has 0 atom stereocenters. The molecule has 8 heteroatoms. The van der Waals surface area contributed by atoms with E-state index in [1.807, 2.05) is 30.3 Å². The SMILES string of the molecule is O=c1ccc2cc(S(=O)(=O)NCCCOc3cccc4cccnc34)ccc2o1. The van der Waals surface area contributed by atoms with E-state index in [4.69, 9.17) is 9.15 Å². The summed E-state index contributed by atoms with van der Waals surface area (Å²) in [5, 5.41) is 1.53. The summed E-state index contributed by atoms with van der Waals surface area (Å²) in [6.45, 7) is 0.573. The molecule has 7 nitrogen and oxygen atoms in total. The van der Waals surface area contributed by atoms with Gasteiger partial charge in [0.25, 0.3) is 0 Å². The standard InChI is InChI=1S/C21H18N2O5S/c24-20-10-7-16-14-17(8-9-18(16)28-20)29(25,26)23-12-3-13-27-19-6-1-4-15-5-2-11-22-21(15)19/h1-2,4-11,14,23H,3,12-13H2. The molecule has 0 unspecified atom stereocenters. The Morgan fingerprint density at radius 2 is 1.86 bits per heavy atom. The summed E-state index contributed by atoms with van der Waals surface area (Å²) in [6.07, 6.45) is 2.20. The van der Waals surface area contributed by atoms with Crippen LogP contribution in [0.2, 0.25) is 0 Å². The zero-order valence-electron chi connectivity index (χ0n) is 15.4. The van der Waals surface area contributed by atoms with Gasteiger partial charge in [-0.25, -0.2) is 17.9 Å². The van der Waals surface area contributed by atoms with Crippen LogP contribution in [0.15, 0.2) is 81.0 Å². The second kappa shape index (κ2) is 8.02. The molecule has 0 radical (unpaired) electrons. The summed E-state index contributed by atoms with van der Waals surface area (Å²) in [6, 6.07) is 16.7. The van der Waals surface area contributed by atoms with Crippen LogP contribution < -0.4 is 15.1 Å². The number of fused-ring (bicyclic) bond motifs is 2. The predicted molar refractivity (Wildman–Crippen MR) is 110 cm³/mol. The van der Waals surface area contributed by atoms with Gasteiger partial charge in [0.2, 0.25) is 10.0 Å². The van der Waals surface area contributed by atoms with Crippen molar-refractivity contribution < 1.29 is 17.6 Å². The van der Waals surface area contributed by atoms with E-state index in [2.05, 4.69) is 9.71 Å². The van der Waals surface area contributed by atoms with Crippen molar-refractivity contribution in [2.45, 2.75) is 11.3 Å². The molecular formula is C21H18N2O5S. The lowest BCUT2D eigenvalue weighted by Crippen LogP contribution is -2.25. The number of hydrogen-bond donors (Lipinski definition) is 1. The smallest absolute Gasteiger partial charge is 0.336 e.